The lowest BCUT2D eigenvalue weighted by atomic mass is 9.84. The quantitative estimate of drug-likeness (QED) is 0.777. The molecule has 20 heavy (non-hydrogen) atoms. The third-order valence-corrected chi connectivity index (χ3v) is 5.26. The van der Waals surface area contributed by atoms with Crippen LogP contribution in [0.5, 0.6) is 0 Å². The fourth-order valence-electron chi connectivity index (χ4n) is 4.23. The fraction of sp³-hybridized carbons (Fsp3) is 0.444. The molecule has 0 radical (unpaired) electrons. The zero-order chi connectivity index (χ0) is 13.5. The van der Waals surface area contributed by atoms with Gasteiger partial charge in [-0.15, -0.1) is 0 Å². The number of hydrogen-bond acceptors (Lipinski definition) is 2. The lowest BCUT2D eigenvalue weighted by Gasteiger charge is -2.20. The number of pyridine rings is 1. The molecule has 2 saturated carbocycles. The Labute approximate surface area is 119 Å². The predicted octanol–water partition coefficient (Wildman–Crippen LogP) is 4.24. The Bertz CT molecular complexity index is 663. The van der Waals surface area contributed by atoms with Gasteiger partial charge in [-0.1, -0.05) is 12.5 Å². The number of benzene rings is 1. The fourth-order valence-corrected chi connectivity index (χ4v) is 4.23. The maximum absolute atomic E-state index is 12.5. The molecule has 2 bridgehead atoms. The van der Waals surface area contributed by atoms with Gasteiger partial charge < -0.3 is 0 Å². The Morgan fingerprint density at radius 2 is 2.15 bits per heavy atom. The zero-order valence-electron chi connectivity index (χ0n) is 11.6. The van der Waals surface area contributed by atoms with Crippen LogP contribution in [0, 0.1) is 17.8 Å². The summed E-state index contributed by atoms with van der Waals surface area (Å²) in [6, 6.07) is 9.84. The van der Waals surface area contributed by atoms with Crippen molar-refractivity contribution in [1.29, 1.82) is 0 Å². The summed E-state index contributed by atoms with van der Waals surface area (Å²) in [5, 5.41) is 1.06. The van der Waals surface area contributed by atoms with Gasteiger partial charge in [0, 0.05) is 23.6 Å². The third kappa shape index (κ3) is 2.04. The van der Waals surface area contributed by atoms with E-state index in [1.807, 2.05) is 30.3 Å². The van der Waals surface area contributed by atoms with Gasteiger partial charge in [0.1, 0.15) is 0 Å². The molecular formula is C18H19NO. The number of Topliss-reactive ketones (excluding diaryl/α,β-unsaturated/α-hetero) is 1. The minimum Gasteiger partial charge on any atom is -0.294 e. The van der Waals surface area contributed by atoms with E-state index in [4.69, 9.17) is 0 Å². The van der Waals surface area contributed by atoms with Crippen molar-refractivity contribution in [2.45, 2.75) is 32.1 Å². The Morgan fingerprint density at radius 1 is 1.20 bits per heavy atom. The Hall–Kier alpha value is -1.70. The van der Waals surface area contributed by atoms with Crippen LogP contribution in [0.3, 0.4) is 0 Å². The molecule has 2 fully saturated rings. The molecule has 0 N–H and O–H groups in total. The molecule has 0 aliphatic heterocycles. The van der Waals surface area contributed by atoms with Gasteiger partial charge >= 0.3 is 0 Å². The van der Waals surface area contributed by atoms with E-state index in [2.05, 4.69) is 4.98 Å². The van der Waals surface area contributed by atoms with Crippen molar-refractivity contribution in [2.24, 2.45) is 17.8 Å². The van der Waals surface area contributed by atoms with E-state index in [1.54, 1.807) is 6.20 Å². The summed E-state index contributed by atoms with van der Waals surface area (Å²) in [6.45, 7) is 0. The molecule has 1 aromatic heterocycles. The highest BCUT2D eigenvalue weighted by molar-refractivity contribution is 5.99. The Kier molecular flexibility index (Phi) is 2.83. The summed E-state index contributed by atoms with van der Waals surface area (Å²) in [5.41, 5.74) is 1.82. The van der Waals surface area contributed by atoms with Crippen LogP contribution < -0.4 is 0 Å². The van der Waals surface area contributed by atoms with Crippen LogP contribution in [0.4, 0.5) is 0 Å². The van der Waals surface area contributed by atoms with Crippen molar-refractivity contribution in [3.63, 3.8) is 0 Å². The van der Waals surface area contributed by atoms with Crippen molar-refractivity contribution >= 4 is 16.7 Å². The highest BCUT2D eigenvalue weighted by Crippen LogP contribution is 2.49. The average molecular weight is 265 g/mol. The zero-order valence-corrected chi connectivity index (χ0v) is 11.6. The number of fused-ring (bicyclic) bond motifs is 3. The summed E-state index contributed by atoms with van der Waals surface area (Å²) in [6.07, 6.45) is 7.94. The largest absolute Gasteiger partial charge is 0.294 e. The molecule has 3 atom stereocenters. The van der Waals surface area contributed by atoms with Crippen molar-refractivity contribution in [2.75, 3.05) is 0 Å². The normalized spacial score (nSPS) is 28.1. The number of carbonyl (C=O) groups is 1. The van der Waals surface area contributed by atoms with Crippen LogP contribution >= 0.6 is 0 Å². The first-order chi connectivity index (χ1) is 9.79. The van der Waals surface area contributed by atoms with Gasteiger partial charge in [-0.2, -0.15) is 0 Å². The first-order valence-corrected chi connectivity index (χ1v) is 7.67. The molecule has 2 aliphatic carbocycles. The summed E-state index contributed by atoms with van der Waals surface area (Å²) in [7, 11) is 0. The molecule has 2 nitrogen and oxygen atoms in total. The summed E-state index contributed by atoms with van der Waals surface area (Å²) >= 11 is 0. The summed E-state index contributed by atoms with van der Waals surface area (Å²) in [4.78, 5) is 16.8. The molecule has 0 spiro atoms. The van der Waals surface area contributed by atoms with E-state index in [9.17, 15) is 4.79 Å². The Balaban J connectivity index is 1.54. The molecule has 2 aliphatic rings. The molecule has 2 heteroatoms. The average Bonchev–Trinajstić information content (AvgIpc) is 3.09. The lowest BCUT2D eigenvalue weighted by molar-refractivity contribution is 0.0944. The van der Waals surface area contributed by atoms with Gasteiger partial charge in [-0.05, 0) is 61.3 Å². The standard InChI is InChI=1S/C18H19NO/c20-18(11-16-9-12-3-4-13(16)8-12)15-5-6-17-14(10-15)2-1-7-19-17/h1-2,5-7,10,12-13,16H,3-4,8-9,11H2. The molecule has 0 saturated heterocycles. The first-order valence-electron chi connectivity index (χ1n) is 7.67. The van der Waals surface area contributed by atoms with E-state index in [1.165, 1.54) is 25.7 Å². The number of ketones is 1. The van der Waals surface area contributed by atoms with Gasteiger partial charge in [0.15, 0.2) is 5.78 Å². The molecule has 0 amide bonds. The third-order valence-electron chi connectivity index (χ3n) is 5.26. The van der Waals surface area contributed by atoms with E-state index in [-0.39, 0.29) is 0 Å². The molecule has 3 unspecified atom stereocenters. The second-order valence-corrected chi connectivity index (χ2v) is 6.47. The van der Waals surface area contributed by atoms with Crippen LogP contribution in [0.15, 0.2) is 36.5 Å². The summed E-state index contributed by atoms with van der Waals surface area (Å²) in [5.74, 6) is 2.70. The molecule has 2 aromatic rings. The van der Waals surface area contributed by atoms with Crippen LogP contribution in [0.1, 0.15) is 42.5 Å². The van der Waals surface area contributed by atoms with Gasteiger partial charge in [0.25, 0.3) is 0 Å². The van der Waals surface area contributed by atoms with Crippen LogP contribution in [0.25, 0.3) is 10.9 Å². The van der Waals surface area contributed by atoms with Gasteiger partial charge in [-0.25, -0.2) is 0 Å². The maximum atomic E-state index is 12.5. The number of carbonyl (C=O) groups excluding carboxylic acids is 1. The number of nitrogens with zero attached hydrogens (tertiary/aromatic N) is 1. The van der Waals surface area contributed by atoms with Gasteiger partial charge in [0.2, 0.25) is 0 Å². The van der Waals surface area contributed by atoms with Crippen molar-refractivity contribution in [3.8, 4) is 0 Å². The highest BCUT2D eigenvalue weighted by Gasteiger charge is 2.40. The van der Waals surface area contributed by atoms with E-state index in [0.29, 0.717) is 11.7 Å². The van der Waals surface area contributed by atoms with E-state index < -0.39 is 0 Å². The second-order valence-electron chi connectivity index (χ2n) is 6.47. The minimum atomic E-state index is 0.313. The second kappa shape index (κ2) is 4.69. The molecule has 4 rings (SSSR count). The maximum Gasteiger partial charge on any atom is 0.163 e. The number of aromatic nitrogens is 1. The SMILES string of the molecule is O=C(CC1CC2CCC1C2)c1ccc2ncccc2c1. The van der Waals surface area contributed by atoms with Crippen molar-refractivity contribution in [1.82, 2.24) is 4.98 Å². The molecule has 1 aromatic carbocycles. The Morgan fingerprint density at radius 3 is 2.95 bits per heavy atom. The summed E-state index contributed by atoms with van der Waals surface area (Å²) < 4.78 is 0. The smallest absolute Gasteiger partial charge is 0.163 e. The van der Waals surface area contributed by atoms with Crippen LogP contribution in [0.2, 0.25) is 0 Å². The first kappa shape index (κ1) is 12.1. The van der Waals surface area contributed by atoms with E-state index in [0.717, 1.165) is 34.7 Å². The molecule has 1 heterocycles. The van der Waals surface area contributed by atoms with Crippen LogP contribution in [-0.4, -0.2) is 10.8 Å². The van der Waals surface area contributed by atoms with Gasteiger partial charge in [-0.3, -0.25) is 9.78 Å². The van der Waals surface area contributed by atoms with Crippen molar-refractivity contribution in [3.05, 3.63) is 42.1 Å². The number of rotatable bonds is 3. The monoisotopic (exact) mass is 265 g/mol. The minimum absolute atomic E-state index is 0.313. The highest BCUT2D eigenvalue weighted by atomic mass is 16.1. The topological polar surface area (TPSA) is 30.0 Å². The predicted molar refractivity (Wildman–Crippen MR) is 79.6 cm³/mol. The van der Waals surface area contributed by atoms with Gasteiger partial charge in [0.05, 0.1) is 5.52 Å². The molecule has 102 valence electrons. The number of hydrogen-bond donors (Lipinski definition) is 0. The lowest BCUT2D eigenvalue weighted by Crippen LogP contribution is -2.15. The molecular weight excluding hydrogens is 246 g/mol. The van der Waals surface area contributed by atoms with Crippen LogP contribution in [-0.2, 0) is 0 Å². The van der Waals surface area contributed by atoms with E-state index >= 15 is 0 Å². The van der Waals surface area contributed by atoms with Crippen molar-refractivity contribution < 1.29 is 4.79 Å².